The molecule has 0 aliphatic carbocycles. The van der Waals surface area contributed by atoms with Crippen molar-refractivity contribution in [1.29, 1.82) is 0 Å². The summed E-state index contributed by atoms with van der Waals surface area (Å²) >= 11 is 6.26. The molecule has 6 nitrogen and oxygen atoms in total. The third-order valence-electron chi connectivity index (χ3n) is 5.64. The lowest BCUT2D eigenvalue weighted by Crippen LogP contribution is -2.35. The molecular weight excluding hydrogens is 414 g/mol. The van der Waals surface area contributed by atoms with E-state index >= 15 is 0 Å². The Bertz CT molecular complexity index is 1100. The molecule has 0 saturated carbocycles. The van der Waals surface area contributed by atoms with Crippen LogP contribution in [0.15, 0.2) is 53.2 Å². The minimum absolute atomic E-state index is 0.00853. The fraction of sp³-hybridized carbons (Fsp3) is 0.292. The molecule has 1 fully saturated rings. The lowest BCUT2D eigenvalue weighted by Gasteiger charge is -2.26. The molecule has 0 spiro atoms. The second kappa shape index (κ2) is 8.55. The van der Waals surface area contributed by atoms with Crippen molar-refractivity contribution in [2.45, 2.75) is 33.1 Å². The first-order chi connectivity index (χ1) is 14.9. The summed E-state index contributed by atoms with van der Waals surface area (Å²) in [5, 5.41) is 2.80. The Kier molecular flexibility index (Phi) is 5.83. The Morgan fingerprint density at radius 3 is 2.42 bits per heavy atom. The number of amides is 3. The van der Waals surface area contributed by atoms with Crippen LogP contribution < -0.4 is 10.2 Å². The van der Waals surface area contributed by atoms with Crippen LogP contribution in [0.2, 0.25) is 0 Å². The van der Waals surface area contributed by atoms with Crippen molar-refractivity contribution in [3.63, 3.8) is 0 Å². The zero-order chi connectivity index (χ0) is 22.1. The van der Waals surface area contributed by atoms with Gasteiger partial charge in [0.1, 0.15) is 10.7 Å². The van der Waals surface area contributed by atoms with E-state index in [9.17, 15) is 14.4 Å². The van der Waals surface area contributed by atoms with E-state index in [1.807, 2.05) is 30.9 Å². The molecule has 0 bridgehead atoms. The maximum absolute atomic E-state index is 13.1. The summed E-state index contributed by atoms with van der Waals surface area (Å²) in [6.07, 6.45) is 3.17. The number of carbonyl (C=O) groups is 3. The van der Waals surface area contributed by atoms with E-state index < -0.39 is 11.8 Å². The Labute approximate surface area is 186 Å². The van der Waals surface area contributed by atoms with Gasteiger partial charge in [-0.2, -0.15) is 0 Å². The molecule has 0 unspecified atom stereocenters. The van der Waals surface area contributed by atoms with Gasteiger partial charge in [-0.25, -0.2) is 4.90 Å². The number of carbonyl (C=O) groups excluding carboxylic acids is 3. The molecular formula is C24H24ClN3O3. The fourth-order valence-corrected chi connectivity index (χ4v) is 4.25. The number of halogens is 1. The highest BCUT2D eigenvalue weighted by molar-refractivity contribution is 6.53. The van der Waals surface area contributed by atoms with Gasteiger partial charge in [-0.15, -0.1) is 0 Å². The molecule has 31 heavy (non-hydrogen) atoms. The van der Waals surface area contributed by atoms with Crippen molar-refractivity contribution in [3.05, 3.63) is 69.9 Å². The standard InChI is InChI=1S/C24H24ClN3O3/c1-15-9-10-19(16(2)13-15)28-23(30)20(25)21(24(28)31)26-18-8-6-7-17(14-18)22(29)27-11-4-3-5-12-27/h6-10,13-14,26H,3-5,11-12H2,1-2H3. The van der Waals surface area contributed by atoms with Crippen LogP contribution in [0.3, 0.4) is 0 Å². The molecule has 0 radical (unpaired) electrons. The maximum atomic E-state index is 13.1. The van der Waals surface area contributed by atoms with Crippen molar-refractivity contribution < 1.29 is 14.4 Å². The molecule has 2 heterocycles. The monoisotopic (exact) mass is 437 g/mol. The number of nitrogens with zero attached hydrogens (tertiary/aromatic N) is 2. The van der Waals surface area contributed by atoms with Crippen molar-refractivity contribution in [3.8, 4) is 0 Å². The van der Waals surface area contributed by atoms with Gasteiger partial charge in [0.05, 0.1) is 5.69 Å². The van der Waals surface area contributed by atoms with Gasteiger partial charge >= 0.3 is 0 Å². The van der Waals surface area contributed by atoms with Crippen molar-refractivity contribution >= 4 is 40.7 Å². The number of hydrogen-bond donors (Lipinski definition) is 1. The van der Waals surface area contributed by atoms with Crippen LogP contribution in [-0.4, -0.2) is 35.7 Å². The van der Waals surface area contributed by atoms with Crippen LogP contribution in [0.4, 0.5) is 11.4 Å². The highest BCUT2D eigenvalue weighted by atomic mass is 35.5. The van der Waals surface area contributed by atoms with Gasteiger partial charge in [0.25, 0.3) is 17.7 Å². The quantitative estimate of drug-likeness (QED) is 0.721. The number of nitrogens with one attached hydrogen (secondary N) is 1. The Hall–Kier alpha value is -3.12. The average Bonchev–Trinajstić information content (AvgIpc) is 2.98. The first-order valence-corrected chi connectivity index (χ1v) is 10.8. The van der Waals surface area contributed by atoms with Gasteiger partial charge in [0, 0.05) is 24.3 Å². The van der Waals surface area contributed by atoms with Gasteiger partial charge in [0.15, 0.2) is 0 Å². The minimum atomic E-state index is -0.568. The van der Waals surface area contributed by atoms with Crippen molar-refractivity contribution in [2.24, 2.45) is 0 Å². The number of likely N-dealkylation sites (tertiary alicyclic amines) is 1. The van der Waals surface area contributed by atoms with E-state index in [0.717, 1.165) is 48.4 Å². The third-order valence-corrected chi connectivity index (χ3v) is 5.99. The Morgan fingerprint density at radius 1 is 0.968 bits per heavy atom. The summed E-state index contributed by atoms with van der Waals surface area (Å²) < 4.78 is 0. The van der Waals surface area contributed by atoms with Crippen molar-refractivity contribution in [1.82, 2.24) is 4.90 Å². The summed E-state index contributed by atoms with van der Waals surface area (Å²) in [6.45, 7) is 5.30. The van der Waals surface area contributed by atoms with Gasteiger partial charge in [-0.05, 0) is 62.9 Å². The first kappa shape index (κ1) is 21.1. The van der Waals surface area contributed by atoms with Gasteiger partial charge < -0.3 is 10.2 Å². The topological polar surface area (TPSA) is 69.7 Å². The number of hydrogen-bond acceptors (Lipinski definition) is 4. The summed E-state index contributed by atoms with van der Waals surface area (Å²) in [7, 11) is 0. The Morgan fingerprint density at radius 2 is 1.71 bits per heavy atom. The van der Waals surface area contributed by atoms with E-state index in [2.05, 4.69) is 5.32 Å². The number of piperidine rings is 1. The fourth-order valence-electron chi connectivity index (χ4n) is 4.04. The predicted octanol–water partition coefficient (Wildman–Crippen LogP) is 4.37. The Balaban J connectivity index is 1.57. The van der Waals surface area contributed by atoms with Gasteiger partial charge in [0.2, 0.25) is 0 Å². The normalized spacial score (nSPS) is 16.9. The van der Waals surface area contributed by atoms with Gasteiger partial charge in [-0.3, -0.25) is 14.4 Å². The van der Waals surface area contributed by atoms with Crippen molar-refractivity contribution in [2.75, 3.05) is 23.3 Å². The molecule has 2 aromatic carbocycles. The summed E-state index contributed by atoms with van der Waals surface area (Å²) in [5.74, 6) is -1.12. The van der Waals surface area contributed by atoms with Gasteiger partial charge in [-0.1, -0.05) is 35.4 Å². The largest absolute Gasteiger partial charge is 0.350 e. The second-order valence-corrected chi connectivity index (χ2v) is 8.36. The molecule has 2 aromatic rings. The predicted molar refractivity (Wildman–Crippen MR) is 121 cm³/mol. The van der Waals surface area contributed by atoms with Crippen LogP contribution in [0.25, 0.3) is 0 Å². The van der Waals surface area contributed by atoms with Crippen LogP contribution >= 0.6 is 11.6 Å². The average molecular weight is 438 g/mol. The number of imide groups is 1. The van der Waals surface area contributed by atoms with Crippen LogP contribution in [-0.2, 0) is 9.59 Å². The molecule has 2 aliphatic rings. The maximum Gasteiger partial charge on any atom is 0.283 e. The van der Waals surface area contributed by atoms with E-state index in [4.69, 9.17) is 11.6 Å². The van der Waals surface area contributed by atoms with E-state index in [1.54, 1.807) is 30.3 Å². The number of aryl methyl sites for hydroxylation is 2. The van der Waals surface area contributed by atoms with Crippen LogP contribution in [0.5, 0.6) is 0 Å². The molecule has 3 amide bonds. The summed E-state index contributed by atoms with van der Waals surface area (Å²) in [4.78, 5) is 41.5. The second-order valence-electron chi connectivity index (χ2n) is 7.98. The van der Waals surface area contributed by atoms with E-state index in [1.165, 1.54) is 0 Å². The molecule has 4 rings (SSSR count). The number of anilines is 2. The zero-order valence-corrected chi connectivity index (χ0v) is 18.3. The smallest absolute Gasteiger partial charge is 0.283 e. The third kappa shape index (κ3) is 4.08. The molecule has 0 atom stereocenters. The molecule has 1 N–H and O–H groups in total. The molecule has 2 aliphatic heterocycles. The highest BCUT2D eigenvalue weighted by Gasteiger charge is 2.39. The number of benzene rings is 2. The lowest BCUT2D eigenvalue weighted by atomic mass is 10.1. The molecule has 1 saturated heterocycles. The van der Waals surface area contributed by atoms with Crippen LogP contribution in [0, 0.1) is 13.8 Å². The first-order valence-electron chi connectivity index (χ1n) is 10.4. The number of rotatable bonds is 4. The van der Waals surface area contributed by atoms with E-state index in [-0.39, 0.29) is 16.6 Å². The molecule has 160 valence electrons. The molecule has 7 heteroatoms. The minimum Gasteiger partial charge on any atom is -0.350 e. The summed E-state index contributed by atoms with van der Waals surface area (Å²) in [6, 6.07) is 12.4. The van der Waals surface area contributed by atoms with Crippen LogP contribution in [0.1, 0.15) is 40.7 Å². The SMILES string of the molecule is Cc1ccc(N2C(=O)C(Cl)=C(Nc3cccc(C(=O)N4CCCCC4)c3)C2=O)c(C)c1. The zero-order valence-electron chi connectivity index (χ0n) is 17.6. The highest BCUT2D eigenvalue weighted by Crippen LogP contribution is 2.32. The molecule has 0 aromatic heterocycles. The van der Waals surface area contributed by atoms with E-state index in [0.29, 0.717) is 16.9 Å². The summed E-state index contributed by atoms with van der Waals surface area (Å²) in [5.41, 5.74) is 3.42. The lowest BCUT2D eigenvalue weighted by molar-refractivity contribution is -0.120.